The lowest BCUT2D eigenvalue weighted by Crippen LogP contribution is -2.17. The second kappa shape index (κ2) is 7.11. The average Bonchev–Trinajstić information content (AvgIpc) is 2.02. The van der Waals surface area contributed by atoms with Crippen LogP contribution in [0.25, 0.3) is 0 Å². The van der Waals surface area contributed by atoms with Crippen molar-refractivity contribution in [2.75, 3.05) is 0 Å². The smallest absolute Gasteiger partial charge is 0.133 e. The molecule has 0 aliphatic carbocycles. The highest BCUT2D eigenvalue weighted by Crippen LogP contribution is 2.19. The van der Waals surface area contributed by atoms with E-state index in [-0.39, 0.29) is 0 Å². The van der Waals surface area contributed by atoms with Crippen molar-refractivity contribution in [3.8, 4) is 0 Å². The van der Waals surface area contributed by atoms with Crippen LogP contribution in [0.3, 0.4) is 0 Å². The summed E-state index contributed by atoms with van der Waals surface area (Å²) in [6.07, 6.45) is 6.17. The third kappa shape index (κ3) is 5.84. The molecule has 0 aromatic heterocycles. The predicted octanol–water partition coefficient (Wildman–Crippen LogP) is 3.82. The summed E-state index contributed by atoms with van der Waals surface area (Å²) in [5.41, 5.74) is 0. The van der Waals surface area contributed by atoms with Crippen LogP contribution in [0.15, 0.2) is 0 Å². The predicted molar refractivity (Wildman–Crippen MR) is 57.8 cm³/mol. The summed E-state index contributed by atoms with van der Waals surface area (Å²) in [7, 11) is 0. The van der Waals surface area contributed by atoms with Crippen LogP contribution in [0.1, 0.15) is 59.8 Å². The molecule has 0 saturated carbocycles. The van der Waals surface area contributed by atoms with Gasteiger partial charge in [-0.1, -0.05) is 46.5 Å². The zero-order chi connectivity index (χ0) is 10.3. The van der Waals surface area contributed by atoms with E-state index in [0.29, 0.717) is 17.6 Å². The van der Waals surface area contributed by atoms with Crippen molar-refractivity contribution in [1.29, 1.82) is 0 Å². The monoisotopic (exact) mass is 184 g/mol. The van der Waals surface area contributed by atoms with Crippen molar-refractivity contribution in [3.05, 3.63) is 0 Å². The lowest BCUT2D eigenvalue weighted by atomic mass is 9.87. The first-order valence-corrected chi connectivity index (χ1v) is 5.60. The summed E-state index contributed by atoms with van der Waals surface area (Å²) in [6.45, 7) is 8.23. The SMILES string of the molecule is CCCCCCC(C(C)=O)C(C)C. The maximum Gasteiger partial charge on any atom is 0.133 e. The zero-order valence-electron chi connectivity index (χ0n) is 9.60. The van der Waals surface area contributed by atoms with Crippen molar-refractivity contribution >= 4 is 5.78 Å². The Morgan fingerprint density at radius 1 is 1.15 bits per heavy atom. The van der Waals surface area contributed by atoms with Crippen molar-refractivity contribution in [2.45, 2.75) is 59.8 Å². The standard InChI is InChI=1S/C12H24O/c1-5-6-7-8-9-12(10(2)3)11(4)13/h10,12H,5-9H2,1-4H3. The summed E-state index contributed by atoms with van der Waals surface area (Å²) in [5, 5.41) is 0. The number of ketones is 1. The van der Waals surface area contributed by atoms with Crippen LogP contribution >= 0.6 is 0 Å². The molecule has 0 aliphatic heterocycles. The van der Waals surface area contributed by atoms with Crippen molar-refractivity contribution in [2.24, 2.45) is 11.8 Å². The minimum absolute atomic E-state index is 0.303. The molecule has 0 aromatic rings. The van der Waals surface area contributed by atoms with Gasteiger partial charge in [-0.2, -0.15) is 0 Å². The quantitative estimate of drug-likeness (QED) is 0.550. The van der Waals surface area contributed by atoms with E-state index in [4.69, 9.17) is 0 Å². The van der Waals surface area contributed by atoms with E-state index < -0.39 is 0 Å². The zero-order valence-corrected chi connectivity index (χ0v) is 9.60. The Bertz CT molecular complexity index is 138. The molecule has 78 valence electrons. The van der Waals surface area contributed by atoms with Crippen LogP contribution in [0.5, 0.6) is 0 Å². The van der Waals surface area contributed by atoms with E-state index in [1.54, 1.807) is 6.92 Å². The lowest BCUT2D eigenvalue weighted by molar-refractivity contribution is -0.122. The van der Waals surface area contributed by atoms with Gasteiger partial charge in [0.05, 0.1) is 0 Å². The molecule has 0 fully saturated rings. The van der Waals surface area contributed by atoms with Gasteiger partial charge < -0.3 is 0 Å². The highest BCUT2D eigenvalue weighted by Gasteiger charge is 2.17. The van der Waals surface area contributed by atoms with E-state index in [1.165, 1.54) is 25.7 Å². The Morgan fingerprint density at radius 3 is 2.15 bits per heavy atom. The first-order chi connectivity index (χ1) is 6.09. The molecule has 1 heteroatoms. The van der Waals surface area contributed by atoms with Crippen molar-refractivity contribution in [1.82, 2.24) is 0 Å². The van der Waals surface area contributed by atoms with Crippen LogP contribution < -0.4 is 0 Å². The first kappa shape index (κ1) is 12.7. The van der Waals surface area contributed by atoms with Gasteiger partial charge >= 0.3 is 0 Å². The Balaban J connectivity index is 3.64. The second-order valence-corrected chi connectivity index (χ2v) is 4.31. The third-order valence-electron chi connectivity index (χ3n) is 2.70. The van der Waals surface area contributed by atoms with E-state index in [9.17, 15) is 4.79 Å². The van der Waals surface area contributed by atoms with Gasteiger partial charge in [0, 0.05) is 5.92 Å². The molecule has 13 heavy (non-hydrogen) atoms. The van der Waals surface area contributed by atoms with Crippen LogP contribution in [-0.4, -0.2) is 5.78 Å². The van der Waals surface area contributed by atoms with Crippen LogP contribution in [0.4, 0.5) is 0 Å². The third-order valence-corrected chi connectivity index (χ3v) is 2.70. The van der Waals surface area contributed by atoms with Gasteiger partial charge in [-0.15, -0.1) is 0 Å². The summed E-state index contributed by atoms with van der Waals surface area (Å²) in [5.74, 6) is 1.18. The van der Waals surface area contributed by atoms with Gasteiger partial charge in [-0.3, -0.25) is 4.79 Å². The minimum Gasteiger partial charge on any atom is -0.300 e. The number of rotatable bonds is 7. The summed E-state index contributed by atoms with van der Waals surface area (Å²) < 4.78 is 0. The van der Waals surface area contributed by atoms with Crippen LogP contribution in [0.2, 0.25) is 0 Å². The highest BCUT2D eigenvalue weighted by atomic mass is 16.1. The molecule has 0 radical (unpaired) electrons. The molecule has 0 aromatic carbocycles. The molecular formula is C12H24O. The number of carbonyl (C=O) groups is 1. The van der Waals surface area contributed by atoms with E-state index >= 15 is 0 Å². The van der Waals surface area contributed by atoms with Gasteiger partial charge in [0.2, 0.25) is 0 Å². The lowest BCUT2D eigenvalue weighted by Gasteiger charge is -2.17. The number of Topliss-reactive ketones (excluding diaryl/α,β-unsaturated/α-hetero) is 1. The largest absolute Gasteiger partial charge is 0.300 e. The van der Waals surface area contributed by atoms with Crippen LogP contribution in [0, 0.1) is 11.8 Å². The average molecular weight is 184 g/mol. The summed E-state index contributed by atoms with van der Waals surface area (Å²) >= 11 is 0. The number of hydrogen-bond donors (Lipinski definition) is 0. The molecule has 0 saturated heterocycles. The van der Waals surface area contributed by atoms with Gasteiger partial charge in [-0.25, -0.2) is 0 Å². The Kier molecular flexibility index (Phi) is 6.93. The second-order valence-electron chi connectivity index (χ2n) is 4.31. The fourth-order valence-electron chi connectivity index (χ4n) is 1.80. The molecule has 1 nitrogen and oxygen atoms in total. The topological polar surface area (TPSA) is 17.1 Å². The van der Waals surface area contributed by atoms with Crippen molar-refractivity contribution < 1.29 is 4.79 Å². The Morgan fingerprint density at radius 2 is 1.77 bits per heavy atom. The fourth-order valence-corrected chi connectivity index (χ4v) is 1.80. The van der Waals surface area contributed by atoms with Gasteiger partial charge in [0.1, 0.15) is 5.78 Å². The van der Waals surface area contributed by atoms with Crippen molar-refractivity contribution in [3.63, 3.8) is 0 Å². The number of unbranched alkanes of at least 4 members (excludes halogenated alkanes) is 3. The first-order valence-electron chi connectivity index (χ1n) is 5.60. The number of hydrogen-bond acceptors (Lipinski definition) is 1. The molecule has 1 atom stereocenters. The normalized spacial score (nSPS) is 13.3. The Hall–Kier alpha value is -0.330. The number of carbonyl (C=O) groups excluding carboxylic acids is 1. The summed E-state index contributed by atoms with van der Waals surface area (Å²) in [4.78, 5) is 11.2. The molecule has 0 heterocycles. The van der Waals surface area contributed by atoms with Gasteiger partial charge in [-0.05, 0) is 19.3 Å². The van der Waals surface area contributed by atoms with Crippen LogP contribution in [-0.2, 0) is 4.79 Å². The molecule has 0 N–H and O–H groups in total. The summed E-state index contributed by atoms with van der Waals surface area (Å²) in [6, 6.07) is 0. The van der Waals surface area contributed by atoms with E-state index in [2.05, 4.69) is 20.8 Å². The molecule has 1 unspecified atom stereocenters. The van der Waals surface area contributed by atoms with Gasteiger partial charge in [0.15, 0.2) is 0 Å². The maximum absolute atomic E-state index is 11.2. The van der Waals surface area contributed by atoms with E-state index in [1.807, 2.05) is 0 Å². The minimum atomic E-state index is 0.303. The Labute approximate surface area is 82.9 Å². The molecule has 0 amide bonds. The molecule has 0 spiro atoms. The maximum atomic E-state index is 11.2. The highest BCUT2D eigenvalue weighted by molar-refractivity contribution is 5.78. The molecule has 0 aliphatic rings. The molecular weight excluding hydrogens is 160 g/mol. The molecule has 0 rings (SSSR count). The fraction of sp³-hybridized carbons (Fsp3) is 0.917. The van der Waals surface area contributed by atoms with E-state index in [0.717, 1.165) is 6.42 Å². The van der Waals surface area contributed by atoms with Gasteiger partial charge in [0.25, 0.3) is 0 Å². The molecule has 0 bridgehead atoms.